The van der Waals surface area contributed by atoms with E-state index in [4.69, 9.17) is 4.74 Å². The van der Waals surface area contributed by atoms with Gasteiger partial charge in [-0.3, -0.25) is 0 Å². The normalized spacial score (nSPS) is 23.6. The molecular weight excluding hydrogens is 274 g/mol. The lowest BCUT2D eigenvalue weighted by Crippen LogP contribution is -2.41. The first kappa shape index (κ1) is 15.3. The third kappa shape index (κ3) is 3.33. The molecule has 0 saturated heterocycles. The second-order valence-corrected chi connectivity index (χ2v) is 7.33. The van der Waals surface area contributed by atoms with Crippen LogP contribution in [0.2, 0.25) is 0 Å². The molecule has 112 valence electrons. The van der Waals surface area contributed by atoms with Crippen LogP contribution in [0.5, 0.6) is 5.75 Å². The lowest BCUT2D eigenvalue weighted by atomic mass is 9.87. The molecule has 4 nitrogen and oxygen atoms in total. The summed E-state index contributed by atoms with van der Waals surface area (Å²) in [7, 11) is -2.04. The average molecular weight is 297 g/mol. The fourth-order valence-corrected chi connectivity index (χ4v) is 4.38. The van der Waals surface area contributed by atoms with Crippen LogP contribution in [-0.2, 0) is 10.0 Å². The minimum absolute atomic E-state index is 0.0268. The Morgan fingerprint density at radius 2 is 1.95 bits per heavy atom. The van der Waals surface area contributed by atoms with Crippen LogP contribution in [0.3, 0.4) is 0 Å². The standard InChI is InChI=1S/C15H23NO3S/c1-11-8-9-14(19-3)15(10-11)20(17,18)16-13-7-5-4-6-12(13)2/h8-10,12-13,16H,4-7H2,1-3H3/t12-,13-/m1/s1. The molecule has 0 bridgehead atoms. The molecule has 0 aliphatic heterocycles. The molecule has 2 atom stereocenters. The topological polar surface area (TPSA) is 55.4 Å². The van der Waals surface area contributed by atoms with Crippen molar-refractivity contribution in [3.8, 4) is 5.75 Å². The van der Waals surface area contributed by atoms with Crippen LogP contribution in [0.25, 0.3) is 0 Å². The molecule has 0 spiro atoms. The number of methoxy groups -OCH3 is 1. The van der Waals surface area contributed by atoms with Crippen LogP contribution >= 0.6 is 0 Å². The number of benzene rings is 1. The summed E-state index contributed by atoms with van der Waals surface area (Å²) in [6.07, 6.45) is 4.27. The van der Waals surface area contributed by atoms with Gasteiger partial charge < -0.3 is 4.74 Å². The van der Waals surface area contributed by atoms with Gasteiger partial charge in [0.15, 0.2) is 0 Å². The first-order valence-electron chi connectivity index (χ1n) is 7.11. The van der Waals surface area contributed by atoms with Crippen molar-refractivity contribution in [3.63, 3.8) is 0 Å². The maximum Gasteiger partial charge on any atom is 0.244 e. The van der Waals surface area contributed by atoms with Gasteiger partial charge in [0.1, 0.15) is 10.6 Å². The lowest BCUT2D eigenvalue weighted by molar-refractivity contribution is 0.310. The van der Waals surface area contributed by atoms with E-state index in [0.717, 1.165) is 24.8 Å². The summed E-state index contributed by atoms with van der Waals surface area (Å²) >= 11 is 0. The molecule has 1 saturated carbocycles. The van der Waals surface area contributed by atoms with Crippen LogP contribution in [0.4, 0.5) is 0 Å². The van der Waals surface area contributed by atoms with Gasteiger partial charge in [-0.15, -0.1) is 0 Å². The van der Waals surface area contributed by atoms with Crippen molar-refractivity contribution >= 4 is 10.0 Å². The van der Waals surface area contributed by atoms with Crippen molar-refractivity contribution in [1.82, 2.24) is 4.72 Å². The maximum atomic E-state index is 12.6. The van der Waals surface area contributed by atoms with E-state index in [1.54, 1.807) is 12.1 Å². The summed E-state index contributed by atoms with van der Waals surface area (Å²) in [6.45, 7) is 3.99. The molecule has 0 unspecified atom stereocenters. The Morgan fingerprint density at radius 1 is 1.25 bits per heavy atom. The fraction of sp³-hybridized carbons (Fsp3) is 0.600. The molecule has 1 aliphatic rings. The van der Waals surface area contributed by atoms with Gasteiger partial charge in [-0.1, -0.05) is 25.8 Å². The molecule has 1 aliphatic carbocycles. The zero-order valence-corrected chi connectivity index (χ0v) is 13.2. The van der Waals surface area contributed by atoms with Crippen LogP contribution in [-0.4, -0.2) is 21.6 Å². The number of rotatable bonds is 4. The Hall–Kier alpha value is -1.07. The molecule has 0 aromatic heterocycles. The lowest BCUT2D eigenvalue weighted by Gasteiger charge is -2.29. The molecule has 1 aromatic carbocycles. The van der Waals surface area contributed by atoms with Gasteiger partial charge in [-0.25, -0.2) is 13.1 Å². The van der Waals surface area contributed by atoms with E-state index in [1.807, 2.05) is 13.0 Å². The van der Waals surface area contributed by atoms with E-state index in [-0.39, 0.29) is 10.9 Å². The molecule has 5 heteroatoms. The summed E-state index contributed by atoms with van der Waals surface area (Å²) in [4.78, 5) is 0.234. The molecule has 0 amide bonds. The Kier molecular flexibility index (Phi) is 4.70. The number of sulfonamides is 1. The van der Waals surface area contributed by atoms with Crippen LogP contribution in [0.1, 0.15) is 38.2 Å². The summed E-state index contributed by atoms with van der Waals surface area (Å²) < 4.78 is 33.2. The second-order valence-electron chi connectivity index (χ2n) is 5.64. The Balaban J connectivity index is 2.28. The Bertz CT molecular complexity index is 568. The summed E-state index contributed by atoms with van der Waals surface area (Å²) in [6, 6.07) is 5.24. The number of aryl methyl sites for hydroxylation is 1. The van der Waals surface area contributed by atoms with E-state index in [1.165, 1.54) is 13.5 Å². The van der Waals surface area contributed by atoms with E-state index < -0.39 is 10.0 Å². The highest BCUT2D eigenvalue weighted by atomic mass is 32.2. The third-order valence-corrected chi connectivity index (χ3v) is 5.54. The zero-order chi connectivity index (χ0) is 14.8. The average Bonchev–Trinajstić information content (AvgIpc) is 2.41. The molecule has 20 heavy (non-hydrogen) atoms. The van der Waals surface area contributed by atoms with Crippen molar-refractivity contribution in [1.29, 1.82) is 0 Å². The molecule has 2 rings (SSSR count). The van der Waals surface area contributed by atoms with E-state index in [0.29, 0.717) is 11.7 Å². The van der Waals surface area contributed by atoms with Gasteiger partial charge in [0.25, 0.3) is 0 Å². The van der Waals surface area contributed by atoms with E-state index in [2.05, 4.69) is 11.6 Å². The quantitative estimate of drug-likeness (QED) is 0.929. The van der Waals surface area contributed by atoms with Crippen molar-refractivity contribution in [3.05, 3.63) is 23.8 Å². The fourth-order valence-electron chi connectivity index (χ4n) is 2.75. The first-order valence-corrected chi connectivity index (χ1v) is 8.59. The first-order chi connectivity index (χ1) is 9.44. The smallest absolute Gasteiger partial charge is 0.244 e. The molecule has 1 N–H and O–H groups in total. The van der Waals surface area contributed by atoms with Crippen molar-refractivity contribution < 1.29 is 13.2 Å². The highest BCUT2D eigenvalue weighted by molar-refractivity contribution is 7.89. The molecule has 1 fully saturated rings. The van der Waals surface area contributed by atoms with E-state index in [9.17, 15) is 8.42 Å². The van der Waals surface area contributed by atoms with Crippen molar-refractivity contribution in [2.45, 2.75) is 50.5 Å². The van der Waals surface area contributed by atoms with Gasteiger partial charge in [0.05, 0.1) is 7.11 Å². The highest BCUT2D eigenvalue weighted by Gasteiger charge is 2.28. The maximum absolute atomic E-state index is 12.6. The molecule has 1 aromatic rings. The van der Waals surface area contributed by atoms with E-state index >= 15 is 0 Å². The number of ether oxygens (including phenoxy) is 1. The van der Waals surface area contributed by atoms with Crippen molar-refractivity contribution in [2.75, 3.05) is 7.11 Å². The van der Waals surface area contributed by atoms with Crippen LogP contribution in [0, 0.1) is 12.8 Å². The number of nitrogens with one attached hydrogen (secondary N) is 1. The predicted octanol–water partition coefficient (Wildman–Crippen LogP) is 2.86. The summed E-state index contributed by atoms with van der Waals surface area (Å²) in [5.74, 6) is 0.779. The third-order valence-electron chi connectivity index (χ3n) is 4.03. The van der Waals surface area contributed by atoms with Crippen LogP contribution < -0.4 is 9.46 Å². The van der Waals surface area contributed by atoms with Gasteiger partial charge in [-0.05, 0) is 43.4 Å². The highest BCUT2D eigenvalue weighted by Crippen LogP contribution is 2.28. The molecule has 0 heterocycles. The zero-order valence-electron chi connectivity index (χ0n) is 12.3. The van der Waals surface area contributed by atoms with Gasteiger partial charge in [0, 0.05) is 6.04 Å². The second kappa shape index (κ2) is 6.14. The summed E-state index contributed by atoms with van der Waals surface area (Å²) in [5.41, 5.74) is 0.905. The molecule has 0 radical (unpaired) electrons. The number of hydrogen-bond acceptors (Lipinski definition) is 3. The largest absolute Gasteiger partial charge is 0.495 e. The van der Waals surface area contributed by atoms with Gasteiger partial charge in [0.2, 0.25) is 10.0 Å². The SMILES string of the molecule is COc1ccc(C)cc1S(=O)(=O)N[C@@H]1CCCC[C@H]1C. The Morgan fingerprint density at radius 3 is 2.60 bits per heavy atom. The minimum atomic E-state index is -3.53. The number of hydrogen-bond donors (Lipinski definition) is 1. The Labute approximate surface area is 121 Å². The predicted molar refractivity (Wildman–Crippen MR) is 79.5 cm³/mol. The van der Waals surface area contributed by atoms with Gasteiger partial charge in [-0.2, -0.15) is 0 Å². The molecular formula is C15H23NO3S. The monoisotopic (exact) mass is 297 g/mol. The summed E-state index contributed by atoms with van der Waals surface area (Å²) in [5, 5.41) is 0. The van der Waals surface area contributed by atoms with Crippen molar-refractivity contribution in [2.24, 2.45) is 5.92 Å². The van der Waals surface area contributed by atoms with Crippen LogP contribution in [0.15, 0.2) is 23.1 Å². The van der Waals surface area contributed by atoms with Gasteiger partial charge >= 0.3 is 0 Å². The minimum Gasteiger partial charge on any atom is -0.495 e.